The van der Waals surface area contributed by atoms with E-state index in [0.29, 0.717) is 0 Å². The second-order valence-electron chi connectivity index (χ2n) is 5.20. The predicted octanol–water partition coefficient (Wildman–Crippen LogP) is 4.18. The number of aliphatic hydroxyl groups excluding tert-OH is 1. The van der Waals surface area contributed by atoms with E-state index in [4.69, 9.17) is 11.6 Å². The van der Waals surface area contributed by atoms with Gasteiger partial charge in [-0.05, 0) is 38.2 Å². The molecule has 0 spiro atoms. The molecule has 4 heteroatoms. The molecule has 114 valence electrons. The summed E-state index contributed by atoms with van der Waals surface area (Å²) in [6, 6.07) is 9.79. The van der Waals surface area contributed by atoms with Crippen LogP contribution in [-0.2, 0) is 19.4 Å². The molecule has 1 heterocycles. The largest absolute Gasteiger partial charge is 0.388 e. The maximum Gasteiger partial charge on any atom is 0.0849 e. The lowest BCUT2D eigenvalue weighted by Crippen LogP contribution is -2.04. The number of hydrogen-bond donors (Lipinski definition) is 1. The lowest BCUT2D eigenvalue weighted by molar-refractivity contribution is 0.164. The maximum atomic E-state index is 10.2. The van der Waals surface area contributed by atoms with Crippen molar-refractivity contribution in [3.05, 3.63) is 52.3 Å². The first-order chi connectivity index (χ1) is 10.2. The first kappa shape index (κ1) is 16.1. The molecule has 0 saturated carbocycles. The quantitative estimate of drug-likeness (QED) is 0.833. The lowest BCUT2D eigenvalue weighted by Gasteiger charge is -2.11. The molecule has 1 unspecified atom stereocenters. The monoisotopic (exact) mass is 306 g/mol. The molecule has 1 aromatic heterocycles. The summed E-state index contributed by atoms with van der Waals surface area (Å²) in [6.07, 6.45) is 2.92. The van der Waals surface area contributed by atoms with Gasteiger partial charge in [-0.15, -0.1) is 0 Å². The summed E-state index contributed by atoms with van der Waals surface area (Å²) in [5.74, 6) is 0. The molecule has 0 fully saturated rings. The minimum absolute atomic E-state index is 0.409. The van der Waals surface area contributed by atoms with Gasteiger partial charge in [-0.2, -0.15) is 5.10 Å². The number of aryl methyl sites for hydroxylation is 2. The molecule has 0 aliphatic carbocycles. The third kappa shape index (κ3) is 3.86. The van der Waals surface area contributed by atoms with Crippen LogP contribution in [-0.4, -0.2) is 14.9 Å². The molecule has 0 bridgehead atoms. The molecule has 21 heavy (non-hydrogen) atoms. The van der Waals surface area contributed by atoms with Crippen molar-refractivity contribution in [3.63, 3.8) is 0 Å². The molecule has 0 aliphatic rings. The number of aliphatic hydroxyl groups is 1. The van der Waals surface area contributed by atoms with Crippen LogP contribution in [0.15, 0.2) is 30.3 Å². The van der Waals surface area contributed by atoms with Crippen molar-refractivity contribution in [1.29, 1.82) is 0 Å². The summed E-state index contributed by atoms with van der Waals surface area (Å²) < 4.78 is 1.98. The predicted molar refractivity (Wildman–Crippen MR) is 86.6 cm³/mol. The van der Waals surface area contributed by atoms with E-state index < -0.39 is 6.10 Å². The second kappa shape index (κ2) is 7.62. The van der Waals surface area contributed by atoms with E-state index in [-0.39, 0.29) is 0 Å². The Bertz CT molecular complexity index is 566. The summed E-state index contributed by atoms with van der Waals surface area (Å²) in [5, 5.41) is 15.5. The van der Waals surface area contributed by atoms with Crippen LogP contribution in [0, 0.1) is 0 Å². The van der Waals surface area contributed by atoms with Gasteiger partial charge in [0.05, 0.1) is 22.5 Å². The Hall–Kier alpha value is -1.32. The molecular formula is C17H23ClN2O. The first-order valence-corrected chi connectivity index (χ1v) is 8.02. The number of nitrogens with zero attached hydrogens (tertiary/aromatic N) is 2. The Morgan fingerprint density at radius 3 is 2.57 bits per heavy atom. The Balaban J connectivity index is 1.96. The molecule has 3 nitrogen and oxygen atoms in total. The van der Waals surface area contributed by atoms with E-state index in [2.05, 4.69) is 18.9 Å². The van der Waals surface area contributed by atoms with Crippen molar-refractivity contribution < 1.29 is 5.11 Å². The standard InChI is InChI=1S/C17H23ClN2O/c1-3-14-17(18)15(20(4-2)19-14)11-8-12-16(21)13-9-6-5-7-10-13/h5-7,9-10,16,21H,3-4,8,11-12H2,1-2H3. The topological polar surface area (TPSA) is 38.0 Å². The lowest BCUT2D eigenvalue weighted by atomic mass is 10.0. The van der Waals surface area contributed by atoms with Gasteiger partial charge in [-0.25, -0.2) is 0 Å². The van der Waals surface area contributed by atoms with E-state index >= 15 is 0 Å². The highest BCUT2D eigenvalue weighted by molar-refractivity contribution is 6.31. The molecule has 1 atom stereocenters. The minimum Gasteiger partial charge on any atom is -0.388 e. The van der Waals surface area contributed by atoms with Crippen molar-refractivity contribution in [2.75, 3.05) is 0 Å². The van der Waals surface area contributed by atoms with Gasteiger partial charge >= 0.3 is 0 Å². The number of rotatable bonds is 7. The summed E-state index contributed by atoms with van der Waals surface area (Å²) in [7, 11) is 0. The Morgan fingerprint density at radius 2 is 1.95 bits per heavy atom. The van der Waals surface area contributed by atoms with Gasteiger partial charge in [-0.1, -0.05) is 48.9 Å². The number of aromatic nitrogens is 2. The van der Waals surface area contributed by atoms with Crippen LogP contribution in [0.4, 0.5) is 0 Å². The molecule has 0 amide bonds. The third-order valence-electron chi connectivity index (χ3n) is 3.77. The molecule has 2 rings (SSSR count). The van der Waals surface area contributed by atoms with Crippen LogP contribution in [0.3, 0.4) is 0 Å². The van der Waals surface area contributed by atoms with Gasteiger partial charge in [0.15, 0.2) is 0 Å². The van der Waals surface area contributed by atoms with Gasteiger partial charge in [-0.3, -0.25) is 4.68 Å². The van der Waals surface area contributed by atoms with Crippen LogP contribution in [0.2, 0.25) is 5.02 Å². The van der Waals surface area contributed by atoms with Crippen LogP contribution in [0.1, 0.15) is 49.7 Å². The summed E-state index contributed by atoms with van der Waals surface area (Å²) in [6.45, 7) is 4.97. The van der Waals surface area contributed by atoms with Gasteiger partial charge in [0.1, 0.15) is 0 Å². The normalized spacial score (nSPS) is 12.6. The van der Waals surface area contributed by atoms with Crippen molar-refractivity contribution in [1.82, 2.24) is 9.78 Å². The van der Waals surface area contributed by atoms with E-state index in [1.807, 2.05) is 35.0 Å². The van der Waals surface area contributed by atoms with E-state index in [0.717, 1.165) is 54.2 Å². The number of benzene rings is 1. The average molecular weight is 307 g/mol. The van der Waals surface area contributed by atoms with Crippen LogP contribution >= 0.6 is 11.6 Å². The summed E-state index contributed by atoms with van der Waals surface area (Å²) in [4.78, 5) is 0. The second-order valence-corrected chi connectivity index (χ2v) is 5.57. The number of halogens is 1. The number of hydrogen-bond acceptors (Lipinski definition) is 2. The van der Waals surface area contributed by atoms with Gasteiger partial charge in [0, 0.05) is 6.54 Å². The SMILES string of the molecule is CCc1nn(CC)c(CCCC(O)c2ccccc2)c1Cl. The van der Waals surface area contributed by atoms with Crippen molar-refractivity contribution in [2.24, 2.45) is 0 Å². The summed E-state index contributed by atoms with van der Waals surface area (Å²) in [5.41, 5.74) is 3.04. The average Bonchev–Trinajstić information content (AvgIpc) is 2.84. The smallest absolute Gasteiger partial charge is 0.0849 e. The molecule has 2 aromatic rings. The van der Waals surface area contributed by atoms with Gasteiger partial charge in [0.2, 0.25) is 0 Å². The molecule has 1 aromatic carbocycles. The van der Waals surface area contributed by atoms with Crippen molar-refractivity contribution in [2.45, 2.75) is 52.2 Å². The van der Waals surface area contributed by atoms with Crippen LogP contribution in [0.25, 0.3) is 0 Å². The molecule has 1 N–H and O–H groups in total. The fourth-order valence-electron chi connectivity index (χ4n) is 2.56. The maximum absolute atomic E-state index is 10.2. The highest BCUT2D eigenvalue weighted by Crippen LogP contribution is 2.25. The molecule has 0 radical (unpaired) electrons. The fraction of sp³-hybridized carbons (Fsp3) is 0.471. The van der Waals surface area contributed by atoms with E-state index in [1.54, 1.807) is 0 Å². The Labute approximate surface area is 131 Å². The first-order valence-electron chi connectivity index (χ1n) is 7.64. The van der Waals surface area contributed by atoms with Crippen LogP contribution < -0.4 is 0 Å². The highest BCUT2D eigenvalue weighted by atomic mass is 35.5. The summed E-state index contributed by atoms with van der Waals surface area (Å²) >= 11 is 6.39. The zero-order valence-electron chi connectivity index (χ0n) is 12.7. The zero-order chi connectivity index (χ0) is 15.2. The Morgan fingerprint density at radius 1 is 1.24 bits per heavy atom. The third-order valence-corrected chi connectivity index (χ3v) is 4.21. The zero-order valence-corrected chi connectivity index (χ0v) is 13.5. The van der Waals surface area contributed by atoms with Crippen molar-refractivity contribution in [3.8, 4) is 0 Å². The fourth-order valence-corrected chi connectivity index (χ4v) is 2.92. The van der Waals surface area contributed by atoms with Crippen molar-refractivity contribution >= 4 is 11.6 Å². The Kier molecular flexibility index (Phi) is 5.83. The molecular weight excluding hydrogens is 284 g/mol. The molecule has 0 saturated heterocycles. The van der Waals surface area contributed by atoms with Crippen LogP contribution in [0.5, 0.6) is 0 Å². The van der Waals surface area contributed by atoms with E-state index in [9.17, 15) is 5.11 Å². The minimum atomic E-state index is -0.409. The van der Waals surface area contributed by atoms with Gasteiger partial charge < -0.3 is 5.11 Å². The molecule has 0 aliphatic heterocycles. The highest BCUT2D eigenvalue weighted by Gasteiger charge is 2.15. The van der Waals surface area contributed by atoms with Gasteiger partial charge in [0.25, 0.3) is 0 Å². The van der Waals surface area contributed by atoms with E-state index in [1.165, 1.54) is 0 Å².